The van der Waals surface area contributed by atoms with E-state index < -0.39 is 5.82 Å². The molecule has 0 atom stereocenters. The van der Waals surface area contributed by atoms with Gasteiger partial charge in [-0.3, -0.25) is 4.40 Å². The van der Waals surface area contributed by atoms with Gasteiger partial charge in [-0.25, -0.2) is 19.3 Å². The average molecular weight is 412 g/mol. The van der Waals surface area contributed by atoms with Crippen molar-refractivity contribution in [1.82, 2.24) is 24.3 Å². The van der Waals surface area contributed by atoms with Gasteiger partial charge in [-0.2, -0.15) is 0 Å². The number of pyridine rings is 1. The summed E-state index contributed by atoms with van der Waals surface area (Å²) in [5.41, 5.74) is 2.27. The lowest BCUT2D eigenvalue weighted by Gasteiger charge is -2.33. The van der Waals surface area contributed by atoms with E-state index in [9.17, 15) is 4.39 Å². The Kier molecular flexibility index (Phi) is 4.44. The number of hydrogen-bond acceptors (Lipinski definition) is 6. The van der Waals surface area contributed by atoms with Crippen molar-refractivity contribution in [3.8, 4) is 0 Å². The highest BCUT2D eigenvalue weighted by Crippen LogP contribution is 2.30. The molecule has 0 radical (unpaired) electrons. The first-order valence-electron chi connectivity index (χ1n) is 9.37. The van der Waals surface area contributed by atoms with E-state index in [2.05, 4.69) is 32.1 Å². The van der Waals surface area contributed by atoms with Gasteiger partial charge in [0.25, 0.3) is 0 Å². The maximum Gasteiger partial charge on any atom is 0.166 e. The van der Waals surface area contributed by atoms with E-state index in [0.29, 0.717) is 22.5 Å². The lowest BCUT2D eigenvalue weighted by Crippen LogP contribution is -2.44. The van der Waals surface area contributed by atoms with Gasteiger partial charge >= 0.3 is 0 Å². The minimum Gasteiger partial charge on any atom is -0.354 e. The molecule has 3 aromatic heterocycles. The van der Waals surface area contributed by atoms with Crippen LogP contribution in [0.25, 0.3) is 16.7 Å². The number of rotatable bonds is 3. The van der Waals surface area contributed by atoms with E-state index in [4.69, 9.17) is 16.6 Å². The van der Waals surface area contributed by atoms with Gasteiger partial charge < -0.3 is 15.1 Å². The number of likely N-dealkylation sites (N-methyl/N-ethyl adjacent to an activating group) is 1. The Hall–Kier alpha value is -2.97. The molecule has 1 fully saturated rings. The van der Waals surface area contributed by atoms with Crippen LogP contribution >= 0.6 is 11.6 Å². The smallest absolute Gasteiger partial charge is 0.166 e. The molecular weight excluding hydrogens is 393 g/mol. The molecule has 0 spiro atoms. The summed E-state index contributed by atoms with van der Waals surface area (Å²) in [5, 5.41) is 3.31. The van der Waals surface area contributed by atoms with Crippen molar-refractivity contribution in [1.29, 1.82) is 0 Å². The molecule has 5 rings (SSSR count). The number of benzene rings is 1. The Labute approximate surface area is 171 Å². The van der Waals surface area contributed by atoms with E-state index >= 15 is 0 Å². The average Bonchev–Trinajstić information content (AvgIpc) is 3.22. The van der Waals surface area contributed by atoms with Crippen molar-refractivity contribution >= 4 is 45.6 Å². The molecule has 4 aromatic rings. The second-order valence-electron chi connectivity index (χ2n) is 7.13. The number of imidazole rings is 1. The lowest BCUT2D eigenvalue weighted by molar-refractivity contribution is 0.312. The zero-order valence-corrected chi connectivity index (χ0v) is 16.6. The summed E-state index contributed by atoms with van der Waals surface area (Å²) in [6.45, 7) is 3.87. The monoisotopic (exact) mass is 411 g/mol. The second kappa shape index (κ2) is 7.13. The minimum absolute atomic E-state index is 0.186. The summed E-state index contributed by atoms with van der Waals surface area (Å²) >= 11 is 6.17. The van der Waals surface area contributed by atoms with Crippen LogP contribution in [0.15, 0.2) is 42.9 Å². The molecule has 1 saturated heterocycles. The Morgan fingerprint density at radius 2 is 1.90 bits per heavy atom. The Bertz CT molecular complexity index is 1180. The van der Waals surface area contributed by atoms with Crippen LogP contribution in [-0.2, 0) is 0 Å². The minimum atomic E-state index is -0.444. The van der Waals surface area contributed by atoms with Crippen LogP contribution in [0, 0.1) is 5.82 Å². The van der Waals surface area contributed by atoms with E-state index in [-0.39, 0.29) is 10.7 Å². The fourth-order valence-electron chi connectivity index (χ4n) is 3.55. The Balaban J connectivity index is 1.59. The first-order chi connectivity index (χ1) is 14.1. The van der Waals surface area contributed by atoms with Gasteiger partial charge in [-0.1, -0.05) is 17.7 Å². The van der Waals surface area contributed by atoms with Crippen LogP contribution in [0.3, 0.4) is 0 Å². The lowest BCUT2D eigenvalue weighted by atomic mass is 10.3. The summed E-state index contributed by atoms with van der Waals surface area (Å²) in [6.07, 6.45) is 3.36. The molecule has 1 aliphatic heterocycles. The van der Waals surface area contributed by atoms with Crippen molar-refractivity contribution in [2.24, 2.45) is 0 Å². The number of aromatic nitrogens is 4. The van der Waals surface area contributed by atoms with Crippen molar-refractivity contribution in [2.45, 2.75) is 0 Å². The normalized spacial score (nSPS) is 15.3. The highest BCUT2D eigenvalue weighted by Gasteiger charge is 2.18. The van der Waals surface area contributed by atoms with Crippen molar-refractivity contribution in [3.63, 3.8) is 0 Å². The predicted molar refractivity (Wildman–Crippen MR) is 113 cm³/mol. The van der Waals surface area contributed by atoms with Crippen molar-refractivity contribution < 1.29 is 4.39 Å². The number of piperazine rings is 1. The van der Waals surface area contributed by atoms with Gasteiger partial charge in [0.1, 0.15) is 29.0 Å². The molecule has 0 aliphatic carbocycles. The fraction of sp³-hybridized carbons (Fsp3) is 0.250. The number of fused-ring (bicyclic) bond motifs is 3. The zero-order chi connectivity index (χ0) is 20.0. The molecule has 0 saturated carbocycles. The van der Waals surface area contributed by atoms with Crippen molar-refractivity contribution in [3.05, 3.63) is 53.7 Å². The van der Waals surface area contributed by atoms with E-state index in [1.54, 1.807) is 24.7 Å². The summed E-state index contributed by atoms with van der Waals surface area (Å²) in [6, 6.07) is 8.46. The number of hydrogen-bond donors (Lipinski definition) is 1. The number of anilines is 3. The summed E-state index contributed by atoms with van der Waals surface area (Å²) in [7, 11) is 2.13. The molecule has 1 aromatic carbocycles. The van der Waals surface area contributed by atoms with Gasteiger partial charge in [0.15, 0.2) is 11.5 Å². The largest absolute Gasteiger partial charge is 0.354 e. The molecule has 0 unspecified atom stereocenters. The predicted octanol–water partition coefficient (Wildman–Crippen LogP) is 3.57. The van der Waals surface area contributed by atoms with E-state index in [0.717, 1.165) is 32.0 Å². The molecule has 0 amide bonds. The van der Waals surface area contributed by atoms with Crippen molar-refractivity contribution in [2.75, 3.05) is 43.4 Å². The number of nitrogens with zero attached hydrogens (tertiary/aromatic N) is 6. The number of para-hydroxylation sites is 1. The quantitative estimate of drug-likeness (QED) is 0.556. The van der Waals surface area contributed by atoms with Crippen LogP contribution in [0.2, 0.25) is 5.02 Å². The maximum absolute atomic E-state index is 14.2. The molecule has 1 N–H and O–H groups in total. The third-order valence-electron chi connectivity index (χ3n) is 5.21. The molecule has 7 nitrogen and oxygen atoms in total. The molecule has 148 valence electrons. The SMILES string of the molecule is CN1CCN(c2ccc3nc(Nc4c(F)cccc4Cl)c4cncn4c3n2)CC1. The third kappa shape index (κ3) is 3.24. The number of nitrogens with one attached hydrogen (secondary N) is 1. The van der Waals surface area contributed by atoms with Gasteiger partial charge in [0, 0.05) is 26.2 Å². The van der Waals surface area contributed by atoms with E-state index in [1.807, 2.05) is 16.5 Å². The van der Waals surface area contributed by atoms with Gasteiger partial charge in [-0.05, 0) is 31.3 Å². The van der Waals surface area contributed by atoms with Crippen LogP contribution in [0.5, 0.6) is 0 Å². The number of halogens is 2. The molecule has 1 aliphatic rings. The Morgan fingerprint density at radius 3 is 2.69 bits per heavy atom. The summed E-state index contributed by atoms with van der Waals surface area (Å²) < 4.78 is 16.1. The molecule has 29 heavy (non-hydrogen) atoms. The Morgan fingerprint density at radius 1 is 1.07 bits per heavy atom. The van der Waals surface area contributed by atoms with Gasteiger partial charge in [0.2, 0.25) is 0 Å². The molecular formula is C20H19ClFN7. The summed E-state index contributed by atoms with van der Waals surface area (Å²) in [4.78, 5) is 18.3. The standard InChI is InChI=1S/C20H19ClFN7/c1-27-7-9-28(10-8-27)17-6-5-15-20(25-17)29-12-23-11-16(29)19(24-15)26-18-13(21)3-2-4-14(18)22/h2-6,11-12H,7-10H2,1H3,(H,24,26). The summed E-state index contributed by atoms with van der Waals surface area (Å²) in [5.74, 6) is 0.942. The van der Waals surface area contributed by atoms with Crippen LogP contribution in [-0.4, -0.2) is 57.5 Å². The second-order valence-corrected chi connectivity index (χ2v) is 7.54. The highest BCUT2D eigenvalue weighted by molar-refractivity contribution is 6.33. The molecule has 4 heterocycles. The zero-order valence-electron chi connectivity index (χ0n) is 15.8. The van der Waals surface area contributed by atoms with Gasteiger partial charge in [-0.15, -0.1) is 0 Å². The van der Waals surface area contributed by atoms with Crippen LogP contribution < -0.4 is 10.2 Å². The van der Waals surface area contributed by atoms with Crippen LogP contribution in [0.4, 0.5) is 21.7 Å². The molecule has 0 bridgehead atoms. The topological polar surface area (TPSA) is 61.6 Å². The van der Waals surface area contributed by atoms with E-state index in [1.165, 1.54) is 6.07 Å². The first kappa shape index (κ1) is 18.1. The maximum atomic E-state index is 14.2. The third-order valence-corrected chi connectivity index (χ3v) is 5.53. The van der Waals surface area contributed by atoms with Crippen LogP contribution in [0.1, 0.15) is 0 Å². The highest BCUT2D eigenvalue weighted by atomic mass is 35.5. The van der Waals surface area contributed by atoms with Gasteiger partial charge in [0.05, 0.1) is 16.9 Å². The molecule has 9 heteroatoms. The fourth-order valence-corrected chi connectivity index (χ4v) is 3.76. The first-order valence-corrected chi connectivity index (χ1v) is 9.75.